The van der Waals surface area contributed by atoms with E-state index in [1.165, 1.54) is 18.3 Å². The van der Waals surface area contributed by atoms with Gasteiger partial charge in [0, 0.05) is 12.2 Å². The maximum Gasteiger partial charge on any atom is 0.242 e. The fraction of sp³-hybridized carbons (Fsp3) is 0.455. The van der Waals surface area contributed by atoms with E-state index in [4.69, 9.17) is 18.0 Å². The molecule has 18 heavy (non-hydrogen) atoms. The molecule has 1 fully saturated rings. The predicted molar refractivity (Wildman–Crippen MR) is 72.7 cm³/mol. The molecular formula is C11H15N3O2S2. The first kappa shape index (κ1) is 13.4. The summed E-state index contributed by atoms with van der Waals surface area (Å²) in [5.74, 6) is 0. The summed E-state index contributed by atoms with van der Waals surface area (Å²) >= 11 is 4.76. The zero-order chi connectivity index (χ0) is 13.2. The second-order valence-corrected chi connectivity index (χ2v) is 6.50. The van der Waals surface area contributed by atoms with E-state index >= 15 is 0 Å². The smallest absolute Gasteiger partial charge is 0.242 e. The van der Waals surface area contributed by atoms with Crippen LogP contribution in [0.25, 0.3) is 0 Å². The number of aromatic nitrogens is 1. The normalized spacial score (nSPS) is 16.9. The fourth-order valence-electron chi connectivity index (χ4n) is 2.02. The average Bonchev–Trinajstić information content (AvgIpc) is 2.81. The molecule has 1 heterocycles. The Morgan fingerprint density at radius 1 is 1.39 bits per heavy atom. The molecule has 98 valence electrons. The SMILES string of the molecule is NC(=S)c1ccc(S(=O)(=O)NC2CCCC2)cn1. The largest absolute Gasteiger partial charge is 0.388 e. The molecule has 0 unspecified atom stereocenters. The molecule has 7 heteroatoms. The Balaban J connectivity index is 2.16. The third kappa shape index (κ3) is 3.04. The summed E-state index contributed by atoms with van der Waals surface area (Å²) in [7, 11) is -3.48. The number of nitrogens with zero attached hydrogens (tertiary/aromatic N) is 1. The topological polar surface area (TPSA) is 85.1 Å². The Morgan fingerprint density at radius 3 is 2.56 bits per heavy atom. The molecule has 0 saturated heterocycles. The third-order valence-corrected chi connectivity index (χ3v) is 4.69. The number of nitrogens with two attached hydrogens (primary N) is 1. The fourth-order valence-corrected chi connectivity index (χ4v) is 3.39. The molecule has 0 atom stereocenters. The summed E-state index contributed by atoms with van der Waals surface area (Å²) in [6.07, 6.45) is 5.23. The van der Waals surface area contributed by atoms with Crippen molar-refractivity contribution < 1.29 is 8.42 Å². The lowest BCUT2D eigenvalue weighted by atomic mass is 10.3. The second-order valence-electron chi connectivity index (χ2n) is 4.35. The van der Waals surface area contributed by atoms with Crippen molar-refractivity contribution >= 4 is 27.2 Å². The van der Waals surface area contributed by atoms with E-state index in [1.54, 1.807) is 0 Å². The van der Waals surface area contributed by atoms with Crippen LogP contribution in [0.15, 0.2) is 23.2 Å². The van der Waals surface area contributed by atoms with E-state index in [1.807, 2.05) is 0 Å². The predicted octanol–water partition coefficient (Wildman–Crippen LogP) is 0.937. The summed E-state index contributed by atoms with van der Waals surface area (Å²) in [4.78, 5) is 4.24. The van der Waals surface area contributed by atoms with Gasteiger partial charge in [0.25, 0.3) is 0 Å². The monoisotopic (exact) mass is 285 g/mol. The van der Waals surface area contributed by atoms with Gasteiger partial charge in [0.2, 0.25) is 10.0 Å². The maximum absolute atomic E-state index is 12.1. The Bertz CT molecular complexity index is 534. The van der Waals surface area contributed by atoms with Gasteiger partial charge >= 0.3 is 0 Å². The molecule has 0 aliphatic heterocycles. The van der Waals surface area contributed by atoms with E-state index in [2.05, 4.69) is 9.71 Å². The molecule has 1 aromatic heterocycles. The van der Waals surface area contributed by atoms with Gasteiger partial charge in [-0.2, -0.15) is 0 Å². The molecule has 0 bridgehead atoms. The molecule has 3 N–H and O–H groups in total. The lowest BCUT2D eigenvalue weighted by Crippen LogP contribution is -2.32. The second kappa shape index (κ2) is 5.29. The Kier molecular flexibility index (Phi) is 3.94. The van der Waals surface area contributed by atoms with Crippen molar-refractivity contribution in [3.05, 3.63) is 24.0 Å². The first-order valence-corrected chi connectivity index (χ1v) is 7.66. The van der Waals surface area contributed by atoms with Gasteiger partial charge in [-0.15, -0.1) is 0 Å². The van der Waals surface area contributed by atoms with Crippen molar-refractivity contribution in [2.24, 2.45) is 5.73 Å². The Hall–Kier alpha value is -1.05. The van der Waals surface area contributed by atoms with Gasteiger partial charge < -0.3 is 5.73 Å². The van der Waals surface area contributed by atoms with Gasteiger partial charge in [-0.05, 0) is 25.0 Å². The lowest BCUT2D eigenvalue weighted by Gasteiger charge is -2.12. The van der Waals surface area contributed by atoms with E-state index in [0.29, 0.717) is 5.69 Å². The van der Waals surface area contributed by atoms with Gasteiger partial charge in [0.1, 0.15) is 9.88 Å². The third-order valence-electron chi connectivity index (χ3n) is 2.98. The number of hydrogen-bond donors (Lipinski definition) is 2. The quantitative estimate of drug-likeness (QED) is 0.804. The summed E-state index contributed by atoms with van der Waals surface area (Å²) in [5, 5.41) is 0. The summed E-state index contributed by atoms with van der Waals surface area (Å²) < 4.78 is 26.8. The molecule has 5 nitrogen and oxygen atoms in total. The maximum atomic E-state index is 12.1. The van der Waals surface area contributed by atoms with Crippen LogP contribution in [0.3, 0.4) is 0 Å². The zero-order valence-electron chi connectivity index (χ0n) is 9.80. The average molecular weight is 285 g/mol. The van der Waals surface area contributed by atoms with Crippen LogP contribution in [0.2, 0.25) is 0 Å². The molecule has 1 aliphatic rings. The first-order valence-electron chi connectivity index (χ1n) is 5.77. The lowest BCUT2D eigenvalue weighted by molar-refractivity contribution is 0.552. The van der Waals surface area contributed by atoms with Crippen LogP contribution < -0.4 is 10.5 Å². The number of sulfonamides is 1. The highest BCUT2D eigenvalue weighted by molar-refractivity contribution is 7.89. The molecule has 1 saturated carbocycles. The van der Waals surface area contributed by atoms with Crippen molar-refractivity contribution in [2.75, 3.05) is 0 Å². The van der Waals surface area contributed by atoms with E-state index in [0.717, 1.165) is 25.7 Å². The van der Waals surface area contributed by atoms with Crippen molar-refractivity contribution in [2.45, 2.75) is 36.6 Å². The number of thiocarbonyl (C=S) groups is 1. The van der Waals surface area contributed by atoms with E-state index in [9.17, 15) is 8.42 Å². The van der Waals surface area contributed by atoms with Crippen molar-refractivity contribution in [1.29, 1.82) is 0 Å². The Labute approximate surface area is 112 Å². The molecule has 0 amide bonds. The minimum absolute atomic E-state index is 0.0465. The van der Waals surface area contributed by atoms with Crippen LogP contribution >= 0.6 is 12.2 Å². The molecule has 0 radical (unpaired) electrons. The number of nitrogens with one attached hydrogen (secondary N) is 1. The van der Waals surface area contributed by atoms with Gasteiger partial charge in [0.05, 0.1) is 5.69 Å². The van der Waals surface area contributed by atoms with Gasteiger partial charge in [0.15, 0.2) is 0 Å². The van der Waals surface area contributed by atoms with E-state index in [-0.39, 0.29) is 15.9 Å². The van der Waals surface area contributed by atoms with Gasteiger partial charge in [-0.25, -0.2) is 13.1 Å². The summed E-state index contributed by atoms with van der Waals surface area (Å²) in [6, 6.07) is 3.04. The highest BCUT2D eigenvalue weighted by Crippen LogP contribution is 2.20. The minimum atomic E-state index is -3.48. The zero-order valence-corrected chi connectivity index (χ0v) is 11.4. The van der Waals surface area contributed by atoms with Crippen LogP contribution in [0.4, 0.5) is 0 Å². The standard InChI is InChI=1S/C11H15N3O2S2/c12-11(17)10-6-5-9(7-13-10)18(15,16)14-8-3-1-2-4-8/h5-8,14H,1-4H2,(H2,12,17). The Morgan fingerprint density at radius 2 is 2.06 bits per heavy atom. The molecule has 1 aliphatic carbocycles. The van der Waals surface area contributed by atoms with Crippen LogP contribution in [0.1, 0.15) is 31.4 Å². The van der Waals surface area contributed by atoms with Crippen LogP contribution in [0, 0.1) is 0 Å². The van der Waals surface area contributed by atoms with Crippen molar-refractivity contribution in [1.82, 2.24) is 9.71 Å². The molecule has 0 spiro atoms. The van der Waals surface area contributed by atoms with Crippen molar-refractivity contribution in [3.8, 4) is 0 Å². The number of hydrogen-bond acceptors (Lipinski definition) is 4. The van der Waals surface area contributed by atoms with Gasteiger partial charge in [-0.1, -0.05) is 25.1 Å². The van der Waals surface area contributed by atoms with E-state index < -0.39 is 10.0 Å². The minimum Gasteiger partial charge on any atom is -0.388 e. The summed E-state index contributed by atoms with van der Waals surface area (Å²) in [6.45, 7) is 0. The number of pyridine rings is 1. The molecular weight excluding hydrogens is 270 g/mol. The molecule has 1 aromatic rings. The van der Waals surface area contributed by atoms with Crippen molar-refractivity contribution in [3.63, 3.8) is 0 Å². The van der Waals surface area contributed by atoms with Crippen LogP contribution in [-0.4, -0.2) is 24.4 Å². The highest BCUT2D eigenvalue weighted by atomic mass is 32.2. The van der Waals surface area contributed by atoms with Crippen LogP contribution in [-0.2, 0) is 10.0 Å². The van der Waals surface area contributed by atoms with Crippen LogP contribution in [0.5, 0.6) is 0 Å². The molecule has 2 rings (SSSR count). The molecule has 0 aromatic carbocycles. The summed E-state index contributed by atoms with van der Waals surface area (Å²) in [5.41, 5.74) is 5.83. The highest BCUT2D eigenvalue weighted by Gasteiger charge is 2.23. The number of rotatable bonds is 4. The van der Waals surface area contributed by atoms with Gasteiger partial charge in [-0.3, -0.25) is 4.98 Å². The first-order chi connectivity index (χ1) is 8.49.